The molecule has 6 heteroatoms. The molecule has 0 saturated heterocycles. The molecule has 2 unspecified atom stereocenters. The van der Waals surface area contributed by atoms with E-state index in [2.05, 4.69) is 5.32 Å². The molecule has 106 valence electrons. The van der Waals surface area contributed by atoms with Gasteiger partial charge >= 0.3 is 0 Å². The molecule has 1 aliphatic carbocycles. The maximum atomic E-state index is 11.7. The number of hydrogen-bond donors (Lipinski definition) is 2. The molecule has 18 heavy (non-hydrogen) atoms. The molecule has 5 nitrogen and oxygen atoms in total. The van der Waals surface area contributed by atoms with Crippen LogP contribution in [0, 0.1) is 5.92 Å². The van der Waals surface area contributed by atoms with Crippen molar-refractivity contribution in [2.24, 2.45) is 11.7 Å². The van der Waals surface area contributed by atoms with E-state index in [0.29, 0.717) is 13.0 Å². The number of sulfone groups is 1. The zero-order chi connectivity index (χ0) is 13.6. The lowest BCUT2D eigenvalue weighted by Gasteiger charge is -2.31. The molecule has 1 rings (SSSR count). The van der Waals surface area contributed by atoms with Gasteiger partial charge in [-0.1, -0.05) is 19.8 Å². The smallest absolute Gasteiger partial charge is 0.235 e. The number of amides is 1. The Hall–Kier alpha value is -0.620. The molecule has 0 aromatic heterocycles. The number of carbonyl (C=O) groups is 1. The Balaban J connectivity index is 2.48. The second-order valence-electron chi connectivity index (χ2n) is 5.05. The summed E-state index contributed by atoms with van der Waals surface area (Å²) in [4.78, 5) is 11.7. The van der Waals surface area contributed by atoms with E-state index < -0.39 is 15.6 Å². The largest absolute Gasteiger partial charge is 0.352 e. The van der Waals surface area contributed by atoms with Crippen molar-refractivity contribution in [1.29, 1.82) is 0 Å². The fourth-order valence-electron chi connectivity index (χ4n) is 2.51. The highest BCUT2D eigenvalue weighted by molar-refractivity contribution is 7.92. The molecule has 3 N–H and O–H groups in total. The summed E-state index contributed by atoms with van der Waals surface area (Å²) >= 11 is 0. The van der Waals surface area contributed by atoms with Crippen molar-refractivity contribution in [3.8, 4) is 0 Å². The molecular formula is C12H24N2O3S. The molecule has 2 atom stereocenters. The Morgan fingerprint density at radius 2 is 2.00 bits per heavy atom. The number of hydrogen-bond acceptors (Lipinski definition) is 4. The Labute approximate surface area is 109 Å². The molecule has 1 aliphatic rings. The molecule has 0 spiro atoms. The van der Waals surface area contributed by atoms with Crippen LogP contribution in [0.15, 0.2) is 0 Å². The van der Waals surface area contributed by atoms with Gasteiger partial charge in [-0.2, -0.15) is 0 Å². The summed E-state index contributed by atoms with van der Waals surface area (Å²) < 4.78 is 23.1. The van der Waals surface area contributed by atoms with Crippen LogP contribution in [-0.4, -0.2) is 38.4 Å². The topological polar surface area (TPSA) is 89.3 Å². The molecule has 0 radical (unpaired) electrons. The van der Waals surface area contributed by atoms with Gasteiger partial charge in [0.15, 0.2) is 9.84 Å². The van der Waals surface area contributed by atoms with Crippen molar-refractivity contribution in [3.63, 3.8) is 0 Å². The Morgan fingerprint density at radius 1 is 1.33 bits per heavy atom. The molecule has 1 saturated carbocycles. The zero-order valence-corrected chi connectivity index (χ0v) is 11.8. The van der Waals surface area contributed by atoms with Gasteiger partial charge in [-0.3, -0.25) is 4.79 Å². The van der Waals surface area contributed by atoms with Gasteiger partial charge in [0.05, 0.1) is 5.75 Å². The van der Waals surface area contributed by atoms with Crippen molar-refractivity contribution in [2.75, 3.05) is 18.1 Å². The Morgan fingerprint density at radius 3 is 2.61 bits per heavy atom. The summed E-state index contributed by atoms with van der Waals surface area (Å²) in [6.45, 7) is 2.34. The SMILES string of the molecule is CCCS(=O)(=O)CC(=O)NC1CCCCC1CN. The van der Waals surface area contributed by atoms with Crippen LogP contribution in [-0.2, 0) is 14.6 Å². The van der Waals surface area contributed by atoms with Crippen molar-refractivity contribution < 1.29 is 13.2 Å². The molecule has 0 aliphatic heterocycles. The van der Waals surface area contributed by atoms with Gasteiger partial charge < -0.3 is 11.1 Å². The van der Waals surface area contributed by atoms with Crippen LogP contribution in [0.1, 0.15) is 39.0 Å². The number of rotatable bonds is 6. The van der Waals surface area contributed by atoms with Gasteiger partial charge in [0.1, 0.15) is 5.75 Å². The minimum absolute atomic E-state index is 0.0491. The highest BCUT2D eigenvalue weighted by Crippen LogP contribution is 2.23. The van der Waals surface area contributed by atoms with Crippen LogP contribution in [0.4, 0.5) is 0 Å². The first kappa shape index (κ1) is 15.4. The van der Waals surface area contributed by atoms with Gasteiger partial charge in [-0.05, 0) is 31.7 Å². The lowest BCUT2D eigenvalue weighted by molar-refractivity contribution is -0.119. The molecule has 0 aromatic carbocycles. The maximum Gasteiger partial charge on any atom is 0.235 e. The molecular weight excluding hydrogens is 252 g/mol. The standard InChI is InChI=1S/C12H24N2O3S/c1-2-7-18(16,17)9-12(15)14-11-6-4-3-5-10(11)8-13/h10-11H,2-9,13H2,1H3,(H,14,15). The van der Waals surface area contributed by atoms with Crippen LogP contribution in [0.2, 0.25) is 0 Å². The summed E-state index contributed by atoms with van der Waals surface area (Å²) in [5.41, 5.74) is 5.67. The first-order valence-corrected chi connectivity index (χ1v) is 8.50. The highest BCUT2D eigenvalue weighted by Gasteiger charge is 2.26. The highest BCUT2D eigenvalue weighted by atomic mass is 32.2. The van der Waals surface area contributed by atoms with E-state index in [9.17, 15) is 13.2 Å². The molecule has 0 bridgehead atoms. The second kappa shape index (κ2) is 7.09. The van der Waals surface area contributed by atoms with Gasteiger partial charge in [-0.25, -0.2) is 8.42 Å². The molecule has 0 aromatic rings. The fraction of sp³-hybridized carbons (Fsp3) is 0.917. The van der Waals surface area contributed by atoms with E-state index in [-0.39, 0.29) is 23.6 Å². The van der Waals surface area contributed by atoms with Crippen LogP contribution in [0.5, 0.6) is 0 Å². The average Bonchev–Trinajstić information content (AvgIpc) is 2.28. The summed E-state index contributed by atoms with van der Waals surface area (Å²) in [6, 6.07) is 0.0491. The quantitative estimate of drug-likeness (QED) is 0.737. The van der Waals surface area contributed by atoms with E-state index in [4.69, 9.17) is 5.73 Å². The monoisotopic (exact) mass is 276 g/mol. The second-order valence-corrected chi connectivity index (χ2v) is 7.23. The normalized spacial score (nSPS) is 24.8. The van der Waals surface area contributed by atoms with Crippen molar-refractivity contribution in [2.45, 2.75) is 45.1 Å². The van der Waals surface area contributed by atoms with Crippen molar-refractivity contribution >= 4 is 15.7 Å². The van der Waals surface area contributed by atoms with Crippen LogP contribution in [0.3, 0.4) is 0 Å². The van der Waals surface area contributed by atoms with Gasteiger partial charge in [-0.15, -0.1) is 0 Å². The van der Waals surface area contributed by atoms with Crippen LogP contribution >= 0.6 is 0 Å². The summed E-state index contributed by atoms with van der Waals surface area (Å²) in [7, 11) is -3.25. The first-order chi connectivity index (χ1) is 8.48. The summed E-state index contributed by atoms with van der Waals surface area (Å²) in [5.74, 6) is -0.412. The third kappa shape index (κ3) is 4.94. The molecule has 1 amide bonds. The number of nitrogens with two attached hydrogens (primary N) is 1. The minimum Gasteiger partial charge on any atom is -0.352 e. The number of carbonyl (C=O) groups excluding carboxylic acids is 1. The van der Waals surface area contributed by atoms with Crippen molar-refractivity contribution in [3.05, 3.63) is 0 Å². The third-order valence-electron chi connectivity index (χ3n) is 3.42. The maximum absolute atomic E-state index is 11.7. The summed E-state index contributed by atoms with van der Waals surface area (Å²) in [5, 5.41) is 2.84. The number of nitrogens with one attached hydrogen (secondary N) is 1. The third-order valence-corrected chi connectivity index (χ3v) is 5.16. The van der Waals surface area contributed by atoms with Gasteiger partial charge in [0.25, 0.3) is 0 Å². The van der Waals surface area contributed by atoms with E-state index in [1.807, 2.05) is 0 Å². The predicted octanol–water partition coefficient (Wildman–Crippen LogP) is 0.445. The van der Waals surface area contributed by atoms with E-state index in [1.54, 1.807) is 6.92 Å². The first-order valence-electron chi connectivity index (χ1n) is 6.68. The van der Waals surface area contributed by atoms with E-state index in [0.717, 1.165) is 25.7 Å². The Kier molecular flexibility index (Phi) is 6.08. The minimum atomic E-state index is -3.25. The lowest BCUT2D eigenvalue weighted by Crippen LogP contribution is -2.46. The average molecular weight is 276 g/mol. The van der Waals surface area contributed by atoms with E-state index >= 15 is 0 Å². The lowest BCUT2D eigenvalue weighted by atomic mass is 9.84. The van der Waals surface area contributed by atoms with E-state index in [1.165, 1.54) is 0 Å². The zero-order valence-electron chi connectivity index (χ0n) is 11.0. The van der Waals surface area contributed by atoms with Gasteiger partial charge in [0, 0.05) is 6.04 Å². The van der Waals surface area contributed by atoms with Crippen LogP contribution < -0.4 is 11.1 Å². The molecule has 0 heterocycles. The van der Waals surface area contributed by atoms with Crippen LogP contribution in [0.25, 0.3) is 0 Å². The molecule has 1 fully saturated rings. The Bertz CT molecular complexity index is 368. The van der Waals surface area contributed by atoms with Gasteiger partial charge in [0.2, 0.25) is 5.91 Å². The van der Waals surface area contributed by atoms with Crippen molar-refractivity contribution in [1.82, 2.24) is 5.32 Å². The fourth-order valence-corrected chi connectivity index (χ4v) is 3.76. The summed E-state index contributed by atoms with van der Waals surface area (Å²) in [6.07, 6.45) is 4.68. The predicted molar refractivity (Wildman–Crippen MR) is 71.9 cm³/mol.